The van der Waals surface area contributed by atoms with Crippen molar-refractivity contribution in [3.05, 3.63) is 39.1 Å². The molecule has 0 unspecified atom stereocenters. The molecule has 0 bridgehead atoms. The Morgan fingerprint density at radius 3 is 2.13 bits per heavy atom. The molecular formula is C10H14Cl2ORuS-2. The number of ether oxygens (including phenoxy) is 1. The van der Waals surface area contributed by atoms with Crippen LogP contribution in [0.2, 0.25) is 0 Å². The van der Waals surface area contributed by atoms with Crippen LogP contribution in [0.3, 0.4) is 0 Å². The molecule has 0 saturated heterocycles. The summed E-state index contributed by atoms with van der Waals surface area (Å²) in [6.45, 7) is 0. The van der Waals surface area contributed by atoms with Gasteiger partial charge in [0, 0.05) is 0 Å². The number of benzene rings is 1. The molecular weight excluding hydrogens is 340 g/mol. The van der Waals surface area contributed by atoms with E-state index in [4.69, 9.17) is 24.1 Å². The first-order valence-corrected chi connectivity index (χ1v) is 9.70. The van der Waals surface area contributed by atoms with Crippen LogP contribution in [0.1, 0.15) is 0 Å². The standard InChI is InChI=1S/C8H8OS.2CH3.2ClH.Ru/c1-9-7-3-5-8(10-2)6-4-7;;;;;/h2-6H,1H3;2*1H3;2*1H;/q;2*-1;;;+2/p-2. The molecule has 5 heteroatoms. The molecule has 0 aromatic heterocycles. The SMILES string of the molecule is COc1ccc(S[CH]=[Ru]([Cl])[Cl])cc1.[CH3-].[CH3-]. The first-order chi connectivity index (χ1) is 6.22. The molecule has 1 aromatic carbocycles. The summed E-state index contributed by atoms with van der Waals surface area (Å²) < 4.78 is 6.93. The van der Waals surface area contributed by atoms with E-state index in [1.165, 1.54) is 0 Å². The van der Waals surface area contributed by atoms with Crippen LogP contribution in [0.15, 0.2) is 29.2 Å². The molecule has 1 nitrogen and oxygen atoms in total. The molecule has 0 saturated carbocycles. The van der Waals surface area contributed by atoms with E-state index >= 15 is 0 Å². The zero-order chi connectivity index (χ0) is 9.68. The van der Waals surface area contributed by atoms with Crippen LogP contribution >= 0.6 is 31.1 Å². The predicted molar refractivity (Wildman–Crippen MR) is 69.4 cm³/mol. The second-order valence-corrected chi connectivity index (χ2v) is 9.41. The second kappa shape index (κ2) is 9.65. The van der Waals surface area contributed by atoms with Crippen LogP contribution < -0.4 is 4.74 Å². The third-order valence-electron chi connectivity index (χ3n) is 1.30. The Bertz CT molecular complexity index is 297. The summed E-state index contributed by atoms with van der Waals surface area (Å²) in [6, 6.07) is 7.78. The Labute approximate surface area is 110 Å². The Kier molecular flexibility index (Phi) is 11.5. The monoisotopic (exact) mass is 354 g/mol. The molecule has 90 valence electrons. The summed E-state index contributed by atoms with van der Waals surface area (Å²) in [5, 5.41) is 0. The zero-order valence-corrected chi connectivity index (χ0v) is 12.9. The average molecular weight is 354 g/mol. The van der Waals surface area contributed by atoms with Crippen molar-refractivity contribution >= 4 is 35.1 Å². The van der Waals surface area contributed by atoms with E-state index in [9.17, 15) is 0 Å². The van der Waals surface area contributed by atoms with Crippen molar-refractivity contribution in [2.24, 2.45) is 0 Å². The van der Waals surface area contributed by atoms with Gasteiger partial charge in [-0.3, -0.25) is 0 Å². The summed E-state index contributed by atoms with van der Waals surface area (Å²) >= 11 is -0.0792. The molecule has 0 spiro atoms. The van der Waals surface area contributed by atoms with Crippen LogP contribution in [0.4, 0.5) is 0 Å². The largest absolute Gasteiger partial charge is 0.358 e. The number of methoxy groups -OCH3 is 1. The topological polar surface area (TPSA) is 9.23 Å². The van der Waals surface area contributed by atoms with Gasteiger partial charge >= 0.3 is 95.4 Å². The van der Waals surface area contributed by atoms with Crippen molar-refractivity contribution in [3.63, 3.8) is 0 Å². The van der Waals surface area contributed by atoms with E-state index in [0.29, 0.717) is 0 Å². The Morgan fingerprint density at radius 2 is 1.73 bits per heavy atom. The number of hydrogen-bond acceptors (Lipinski definition) is 2. The van der Waals surface area contributed by atoms with Crippen molar-refractivity contribution in [2.45, 2.75) is 4.90 Å². The molecule has 1 aromatic rings. The Balaban J connectivity index is 0. The van der Waals surface area contributed by atoms with E-state index in [1.807, 2.05) is 28.2 Å². The fraction of sp³-hybridized carbons (Fsp3) is 0.100. The van der Waals surface area contributed by atoms with Crippen LogP contribution in [0.5, 0.6) is 5.75 Å². The first kappa shape index (κ1) is 17.8. The van der Waals surface area contributed by atoms with Gasteiger partial charge in [-0.15, -0.1) is 0 Å². The molecule has 0 radical (unpaired) electrons. The molecule has 0 aliphatic carbocycles. The average Bonchev–Trinajstić information content (AvgIpc) is 2.15. The van der Waals surface area contributed by atoms with Gasteiger partial charge in [-0.2, -0.15) is 0 Å². The van der Waals surface area contributed by atoms with Gasteiger partial charge in [-0.05, 0) is 0 Å². The van der Waals surface area contributed by atoms with E-state index in [-0.39, 0.29) is 14.9 Å². The molecule has 1 rings (SSSR count). The minimum atomic E-state index is -1.65. The minimum absolute atomic E-state index is 0. The third kappa shape index (κ3) is 7.35. The van der Waals surface area contributed by atoms with Gasteiger partial charge in [0.05, 0.1) is 0 Å². The normalized spacial score (nSPS) is 9.40. The van der Waals surface area contributed by atoms with Gasteiger partial charge in [0.2, 0.25) is 0 Å². The summed E-state index contributed by atoms with van der Waals surface area (Å²) in [6.07, 6.45) is 0. The number of halogens is 2. The zero-order valence-electron chi connectivity index (χ0n) is 8.81. The van der Waals surface area contributed by atoms with E-state index in [2.05, 4.69) is 0 Å². The Morgan fingerprint density at radius 1 is 1.20 bits per heavy atom. The van der Waals surface area contributed by atoms with Gasteiger partial charge in [0.25, 0.3) is 0 Å². The molecule has 15 heavy (non-hydrogen) atoms. The fourth-order valence-corrected chi connectivity index (χ4v) is 3.48. The van der Waals surface area contributed by atoms with E-state index < -0.39 is 13.5 Å². The first-order valence-electron chi connectivity index (χ1n) is 3.34. The maximum absolute atomic E-state index is 5.69. The maximum Gasteiger partial charge on any atom is -0.358 e. The van der Waals surface area contributed by atoms with Crippen molar-refractivity contribution in [3.8, 4) is 5.75 Å². The van der Waals surface area contributed by atoms with Crippen molar-refractivity contribution in [1.29, 1.82) is 0 Å². The van der Waals surface area contributed by atoms with Crippen LogP contribution in [-0.4, -0.2) is 11.1 Å². The summed E-state index contributed by atoms with van der Waals surface area (Å²) in [5.41, 5.74) is 0. The summed E-state index contributed by atoms with van der Waals surface area (Å²) in [5.74, 6) is 0.857. The van der Waals surface area contributed by atoms with Crippen molar-refractivity contribution < 1.29 is 18.3 Å². The summed E-state index contributed by atoms with van der Waals surface area (Å²) in [4.78, 5) is 1.13. The predicted octanol–water partition coefficient (Wildman–Crippen LogP) is 4.37. The molecule has 0 amide bonds. The third-order valence-corrected chi connectivity index (χ3v) is 5.83. The fourth-order valence-electron chi connectivity index (χ4n) is 0.734. The second-order valence-electron chi connectivity index (χ2n) is 2.08. The van der Waals surface area contributed by atoms with Gasteiger partial charge in [0.1, 0.15) is 0 Å². The minimum Gasteiger partial charge on any atom is -0.358 e. The summed E-state index contributed by atoms with van der Waals surface area (Å²) in [7, 11) is 13.0. The molecule has 0 aliphatic heterocycles. The van der Waals surface area contributed by atoms with Gasteiger partial charge in [-0.1, -0.05) is 0 Å². The molecule has 0 fully saturated rings. The van der Waals surface area contributed by atoms with Crippen LogP contribution in [-0.2, 0) is 13.5 Å². The van der Waals surface area contributed by atoms with Gasteiger partial charge < -0.3 is 14.9 Å². The molecule has 0 heterocycles. The maximum atomic E-state index is 5.69. The van der Waals surface area contributed by atoms with Crippen molar-refractivity contribution in [2.75, 3.05) is 7.11 Å². The molecule has 0 atom stereocenters. The van der Waals surface area contributed by atoms with Gasteiger partial charge in [-0.25, -0.2) is 0 Å². The van der Waals surface area contributed by atoms with Crippen LogP contribution in [0.25, 0.3) is 0 Å². The van der Waals surface area contributed by atoms with E-state index in [0.717, 1.165) is 10.6 Å². The van der Waals surface area contributed by atoms with E-state index in [1.54, 1.807) is 18.9 Å². The molecule has 0 aliphatic rings. The number of thioether (sulfide) groups is 1. The Hall–Kier alpha value is 0.443. The molecule has 0 N–H and O–H groups in total. The quantitative estimate of drug-likeness (QED) is 0.453. The van der Waals surface area contributed by atoms with Crippen LogP contribution in [0, 0.1) is 14.9 Å². The number of hydrogen-bond donors (Lipinski definition) is 0. The van der Waals surface area contributed by atoms with Crippen molar-refractivity contribution in [1.82, 2.24) is 0 Å². The number of rotatable bonds is 3. The smallest absolute Gasteiger partial charge is 0.358 e. The van der Waals surface area contributed by atoms with Gasteiger partial charge in [0.15, 0.2) is 0 Å².